The SMILES string of the molecule is COc1cccnc1C(=O)N1CCC(N2CCCC(C(=O)N3CCCC3)C2)CC1. The molecule has 0 aliphatic carbocycles. The molecule has 3 saturated heterocycles. The van der Waals surface area contributed by atoms with Gasteiger partial charge in [0.15, 0.2) is 5.69 Å². The second-order valence-corrected chi connectivity index (χ2v) is 8.44. The van der Waals surface area contributed by atoms with E-state index in [4.69, 9.17) is 4.74 Å². The fourth-order valence-electron chi connectivity index (χ4n) is 5.04. The van der Waals surface area contributed by atoms with E-state index in [9.17, 15) is 9.59 Å². The molecule has 0 N–H and O–H groups in total. The molecule has 4 rings (SSSR count). The summed E-state index contributed by atoms with van der Waals surface area (Å²) in [6.45, 7) is 5.27. The molecule has 1 unspecified atom stereocenters. The van der Waals surface area contributed by atoms with Crippen molar-refractivity contribution in [2.75, 3.05) is 46.4 Å². The van der Waals surface area contributed by atoms with Crippen molar-refractivity contribution in [3.05, 3.63) is 24.0 Å². The Balaban J connectivity index is 1.32. The van der Waals surface area contributed by atoms with E-state index in [1.807, 2.05) is 4.90 Å². The standard InChI is InChI=1S/C22H32N4O3/c1-29-19-7-4-10-23-20(19)22(28)25-14-8-18(9-15-25)26-13-5-6-17(16-26)21(27)24-11-2-3-12-24/h4,7,10,17-18H,2-3,5-6,8-9,11-16H2,1H3. The maximum absolute atomic E-state index is 12.9. The van der Waals surface area contributed by atoms with Crippen LogP contribution in [0.25, 0.3) is 0 Å². The van der Waals surface area contributed by atoms with Crippen LogP contribution >= 0.6 is 0 Å². The quantitative estimate of drug-likeness (QED) is 0.774. The lowest BCUT2D eigenvalue weighted by Crippen LogP contribution is -2.51. The molecule has 0 aromatic carbocycles. The van der Waals surface area contributed by atoms with Gasteiger partial charge in [0, 0.05) is 45.0 Å². The maximum atomic E-state index is 12.9. The van der Waals surface area contributed by atoms with E-state index in [0.29, 0.717) is 23.4 Å². The third-order valence-electron chi connectivity index (χ3n) is 6.68. The van der Waals surface area contributed by atoms with Gasteiger partial charge in [-0.1, -0.05) is 0 Å². The third kappa shape index (κ3) is 4.39. The van der Waals surface area contributed by atoms with Crippen molar-refractivity contribution in [3.63, 3.8) is 0 Å². The van der Waals surface area contributed by atoms with E-state index in [1.165, 1.54) is 0 Å². The summed E-state index contributed by atoms with van der Waals surface area (Å²) in [4.78, 5) is 36.4. The number of hydrogen-bond donors (Lipinski definition) is 0. The lowest BCUT2D eigenvalue weighted by Gasteiger charge is -2.42. The summed E-state index contributed by atoms with van der Waals surface area (Å²) in [7, 11) is 1.57. The largest absolute Gasteiger partial charge is 0.494 e. The first-order valence-corrected chi connectivity index (χ1v) is 11.0. The van der Waals surface area contributed by atoms with Crippen molar-refractivity contribution >= 4 is 11.8 Å². The van der Waals surface area contributed by atoms with Gasteiger partial charge in [-0.15, -0.1) is 0 Å². The summed E-state index contributed by atoms with van der Waals surface area (Å²) >= 11 is 0. The van der Waals surface area contributed by atoms with Crippen LogP contribution in [0.2, 0.25) is 0 Å². The molecular formula is C22H32N4O3. The fourth-order valence-corrected chi connectivity index (χ4v) is 5.04. The molecule has 0 bridgehead atoms. The van der Waals surface area contributed by atoms with Gasteiger partial charge in [-0.2, -0.15) is 0 Å². The highest BCUT2D eigenvalue weighted by Gasteiger charge is 2.35. The number of aromatic nitrogens is 1. The molecule has 0 saturated carbocycles. The summed E-state index contributed by atoms with van der Waals surface area (Å²) in [5, 5.41) is 0. The second kappa shape index (κ2) is 9.11. The van der Waals surface area contributed by atoms with E-state index in [0.717, 1.165) is 77.8 Å². The second-order valence-electron chi connectivity index (χ2n) is 8.44. The number of piperidine rings is 2. The molecule has 1 aromatic rings. The van der Waals surface area contributed by atoms with Gasteiger partial charge in [0.2, 0.25) is 5.91 Å². The van der Waals surface area contributed by atoms with Crippen molar-refractivity contribution in [1.82, 2.24) is 19.7 Å². The zero-order valence-electron chi connectivity index (χ0n) is 17.4. The fraction of sp³-hybridized carbons (Fsp3) is 0.682. The number of nitrogens with zero attached hydrogens (tertiary/aromatic N) is 4. The zero-order chi connectivity index (χ0) is 20.2. The normalized spacial score (nSPS) is 24.0. The minimum atomic E-state index is -0.0540. The molecule has 1 atom stereocenters. The monoisotopic (exact) mass is 400 g/mol. The van der Waals surface area contributed by atoms with Gasteiger partial charge in [0.25, 0.3) is 5.91 Å². The molecule has 7 nitrogen and oxygen atoms in total. The summed E-state index contributed by atoms with van der Waals surface area (Å²) in [6.07, 6.45) is 7.94. The topological polar surface area (TPSA) is 66.0 Å². The van der Waals surface area contributed by atoms with Crippen LogP contribution in [0, 0.1) is 5.92 Å². The predicted octanol–water partition coefficient (Wildman–Crippen LogP) is 2.03. The Morgan fingerprint density at radius 1 is 1.00 bits per heavy atom. The van der Waals surface area contributed by atoms with Crippen LogP contribution in [0.15, 0.2) is 18.3 Å². The Labute approximate surface area is 173 Å². The van der Waals surface area contributed by atoms with Crippen LogP contribution in [0.1, 0.15) is 49.0 Å². The van der Waals surface area contributed by atoms with Crippen LogP contribution in [0.5, 0.6) is 5.75 Å². The molecule has 3 aliphatic rings. The average molecular weight is 401 g/mol. The van der Waals surface area contributed by atoms with Crippen LogP contribution in [0.3, 0.4) is 0 Å². The summed E-state index contributed by atoms with van der Waals surface area (Å²) in [5.74, 6) is 0.988. The molecule has 4 heterocycles. The highest BCUT2D eigenvalue weighted by Crippen LogP contribution is 2.27. The number of carbonyl (C=O) groups excluding carboxylic acids is 2. The summed E-state index contributed by atoms with van der Waals surface area (Å²) in [6, 6.07) is 4.01. The summed E-state index contributed by atoms with van der Waals surface area (Å²) < 4.78 is 5.30. The number of hydrogen-bond acceptors (Lipinski definition) is 5. The first-order valence-electron chi connectivity index (χ1n) is 11.0. The van der Waals surface area contributed by atoms with Crippen LogP contribution in [-0.4, -0.2) is 83.9 Å². The van der Waals surface area contributed by atoms with Crippen LogP contribution < -0.4 is 4.74 Å². The number of likely N-dealkylation sites (tertiary alicyclic amines) is 3. The summed E-state index contributed by atoms with van der Waals surface area (Å²) in [5.41, 5.74) is 0.391. The van der Waals surface area contributed by atoms with Gasteiger partial charge in [0.05, 0.1) is 13.0 Å². The smallest absolute Gasteiger partial charge is 0.276 e. The molecular weight excluding hydrogens is 368 g/mol. The van der Waals surface area contributed by atoms with E-state index in [2.05, 4.69) is 14.8 Å². The van der Waals surface area contributed by atoms with E-state index in [1.54, 1.807) is 25.4 Å². The van der Waals surface area contributed by atoms with Crippen molar-refractivity contribution in [3.8, 4) is 5.75 Å². The lowest BCUT2D eigenvalue weighted by atomic mass is 9.93. The number of pyridine rings is 1. The van der Waals surface area contributed by atoms with Gasteiger partial charge >= 0.3 is 0 Å². The van der Waals surface area contributed by atoms with Crippen molar-refractivity contribution in [1.29, 1.82) is 0 Å². The minimum Gasteiger partial charge on any atom is -0.494 e. The van der Waals surface area contributed by atoms with Crippen LogP contribution in [0.4, 0.5) is 0 Å². The number of rotatable bonds is 4. The van der Waals surface area contributed by atoms with Crippen molar-refractivity contribution in [2.24, 2.45) is 5.92 Å². The molecule has 3 fully saturated rings. The number of ether oxygens (including phenoxy) is 1. The third-order valence-corrected chi connectivity index (χ3v) is 6.68. The average Bonchev–Trinajstić information content (AvgIpc) is 3.33. The number of carbonyl (C=O) groups is 2. The molecule has 0 spiro atoms. The highest BCUT2D eigenvalue weighted by molar-refractivity contribution is 5.95. The van der Waals surface area contributed by atoms with E-state index in [-0.39, 0.29) is 11.8 Å². The van der Waals surface area contributed by atoms with Gasteiger partial charge < -0.3 is 14.5 Å². The Kier molecular flexibility index (Phi) is 6.33. The molecule has 2 amide bonds. The van der Waals surface area contributed by atoms with E-state index < -0.39 is 0 Å². The van der Waals surface area contributed by atoms with Crippen LogP contribution in [-0.2, 0) is 4.79 Å². The molecule has 3 aliphatic heterocycles. The van der Waals surface area contributed by atoms with Gasteiger partial charge in [-0.3, -0.25) is 14.5 Å². The van der Waals surface area contributed by atoms with E-state index >= 15 is 0 Å². The molecule has 1 aromatic heterocycles. The molecule has 158 valence electrons. The Morgan fingerprint density at radius 2 is 1.76 bits per heavy atom. The maximum Gasteiger partial charge on any atom is 0.276 e. The van der Waals surface area contributed by atoms with Gasteiger partial charge in [-0.25, -0.2) is 4.98 Å². The highest BCUT2D eigenvalue weighted by atomic mass is 16.5. The molecule has 0 radical (unpaired) electrons. The first-order chi connectivity index (χ1) is 14.2. The van der Waals surface area contributed by atoms with Crippen molar-refractivity contribution in [2.45, 2.75) is 44.6 Å². The Hall–Kier alpha value is -2.15. The minimum absolute atomic E-state index is 0.0540. The zero-order valence-corrected chi connectivity index (χ0v) is 17.4. The Bertz CT molecular complexity index is 727. The van der Waals surface area contributed by atoms with Gasteiger partial charge in [-0.05, 0) is 57.2 Å². The van der Waals surface area contributed by atoms with Gasteiger partial charge in [0.1, 0.15) is 5.75 Å². The molecule has 7 heteroatoms. The Morgan fingerprint density at radius 3 is 2.48 bits per heavy atom. The number of methoxy groups -OCH3 is 1. The lowest BCUT2D eigenvalue weighted by molar-refractivity contribution is -0.136. The predicted molar refractivity (Wildman–Crippen MR) is 110 cm³/mol. The first kappa shape index (κ1) is 20.1. The number of amides is 2. The van der Waals surface area contributed by atoms with Crippen molar-refractivity contribution < 1.29 is 14.3 Å². The molecule has 29 heavy (non-hydrogen) atoms.